The highest BCUT2D eigenvalue weighted by Crippen LogP contribution is 2.27. The monoisotopic (exact) mass is 426 g/mol. The third kappa shape index (κ3) is 4.06. The summed E-state index contributed by atoms with van der Waals surface area (Å²) in [5.41, 5.74) is 4.03. The second-order valence-electron chi connectivity index (χ2n) is 6.80. The molecule has 0 spiro atoms. The van der Waals surface area contributed by atoms with Crippen molar-refractivity contribution in [2.75, 3.05) is 0 Å². The molecular formula is C23H18N6OS. The summed E-state index contributed by atoms with van der Waals surface area (Å²) >= 11 is 1.50. The summed E-state index contributed by atoms with van der Waals surface area (Å²) in [4.78, 5) is 21.0. The molecule has 152 valence electrons. The van der Waals surface area contributed by atoms with E-state index in [1.807, 2.05) is 84.9 Å². The number of imidazole rings is 1. The molecule has 0 saturated heterocycles. The lowest BCUT2D eigenvalue weighted by atomic mass is 10.3. The highest BCUT2D eigenvalue weighted by molar-refractivity contribution is 7.98. The number of nitrogens with one attached hydrogen (secondary N) is 2. The van der Waals surface area contributed by atoms with Gasteiger partial charge in [-0.25, -0.2) is 9.67 Å². The van der Waals surface area contributed by atoms with E-state index in [2.05, 4.69) is 25.3 Å². The maximum absolute atomic E-state index is 13.1. The molecular weight excluding hydrogens is 408 g/mol. The van der Waals surface area contributed by atoms with Gasteiger partial charge in [-0.15, -0.1) is 5.11 Å². The first kappa shape index (κ1) is 19.1. The van der Waals surface area contributed by atoms with E-state index in [-0.39, 0.29) is 11.2 Å². The minimum atomic E-state index is -0.244. The Bertz CT molecular complexity index is 1370. The van der Waals surface area contributed by atoms with Crippen molar-refractivity contribution in [1.29, 1.82) is 0 Å². The fraction of sp³-hybridized carbons (Fsp3) is 0.0435. The Balaban J connectivity index is 1.49. The predicted molar refractivity (Wildman–Crippen MR) is 123 cm³/mol. The fourth-order valence-electron chi connectivity index (χ4n) is 3.18. The summed E-state index contributed by atoms with van der Waals surface area (Å²) in [6, 6.07) is 26.6. The van der Waals surface area contributed by atoms with Crippen molar-refractivity contribution >= 4 is 34.2 Å². The van der Waals surface area contributed by atoms with Crippen LogP contribution in [-0.2, 0) is 5.75 Å². The molecule has 0 bridgehead atoms. The number of aromatic amines is 2. The molecule has 5 rings (SSSR count). The van der Waals surface area contributed by atoms with Crippen molar-refractivity contribution in [1.82, 2.24) is 19.7 Å². The average molecular weight is 427 g/mol. The van der Waals surface area contributed by atoms with Gasteiger partial charge in [0.15, 0.2) is 10.8 Å². The maximum Gasteiger partial charge on any atom is 0.299 e. The number of H-pyrrole nitrogens is 2. The summed E-state index contributed by atoms with van der Waals surface area (Å²) in [5, 5.41) is 12.5. The van der Waals surface area contributed by atoms with Crippen molar-refractivity contribution in [3.05, 3.63) is 101 Å². The van der Waals surface area contributed by atoms with Crippen molar-refractivity contribution < 1.29 is 0 Å². The summed E-state index contributed by atoms with van der Waals surface area (Å²) < 4.78 is 1.49. The van der Waals surface area contributed by atoms with E-state index in [9.17, 15) is 4.79 Å². The van der Waals surface area contributed by atoms with Gasteiger partial charge in [-0.1, -0.05) is 60.3 Å². The second-order valence-corrected chi connectivity index (χ2v) is 7.76. The standard InChI is InChI=1S/C23H18N6OS/c30-22-21(27-26-16-9-3-1-4-10-16)20(28-29(22)17-11-5-2-6-12-17)15-31-23-24-18-13-7-8-14-19(18)25-23/h1-14,28H,15H2,(H,24,25). The van der Waals surface area contributed by atoms with Gasteiger partial charge in [-0.05, 0) is 36.4 Å². The molecule has 0 unspecified atom stereocenters. The van der Waals surface area contributed by atoms with Crippen LogP contribution in [0.15, 0.2) is 105 Å². The smallest absolute Gasteiger partial charge is 0.299 e. The molecule has 0 aliphatic heterocycles. The number of hydrogen-bond donors (Lipinski definition) is 2. The highest BCUT2D eigenvalue weighted by Gasteiger charge is 2.16. The van der Waals surface area contributed by atoms with Crippen LogP contribution in [0.2, 0.25) is 0 Å². The van der Waals surface area contributed by atoms with Gasteiger partial charge in [0.25, 0.3) is 5.56 Å². The zero-order valence-corrected chi connectivity index (χ0v) is 17.2. The molecule has 31 heavy (non-hydrogen) atoms. The Morgan fingerprint density at radius 3 is 2.35 bits per heavy atom. The topological polar surface area (TPSA) is 91.2 Å². The number of fused-ring (bicyclic) bond motifs is 1. The van der Waals surface area contributed by atoms with Gasteiger partial charge < -0.3 is 4.98 Å². The molecule has 0 amide bonds. The van der Waals surface area contributed by atoms with Crippen molar-refractivity contribution in [2.24, 2.45) is 10.2 Å². The molecule has 5 aromatic rings. The maximum atomic E-state index is 13.1. The molecule has 0 fully saturated rings. The Hall–Kier alpha value is -3.91. The Kier molecular flexibility index (Phi) is 5.20. The van der Waals surface area contributed by atoms with Gasteiger partial charge in [0.2, 0.25) is 0 Å². The van der Waals surface area contributed by atoms with Gasteiger partial charge in [0, 0.05) is 5.75 Å². The van der Waals surface area contributed by atoms with Gasteiger partial charge in [-0.2, -0.15) is 5.11 Å². The van der Waals surface area contributed by atoms with E-state index >= 15 is 0 Å². The molecule has 0 radical (unpaired) electrons. The number of azo groups is 1. The van der Waals surface area contributed by atoms with Crippen LogP contribution < -0.4 is 5.56 Å². The molecule has 8 heteroatoms. The SMILES string of the molecule is O=c1c(N=Nc2ccccc2)c(CSc2nc3ccccc3[nH]2)[nH]n1-c1ccccc1. The number of thioether (sulfide) groups is 1. The zero-order valence-electron chi connectivity index (χ0n) is 16.4. The third-order valence-corrected chi connectivity index (χ3v) is 5.60. The predicted octanol–water partition coefficient (Wildman–Crippen LogP) is 5.75. The van der Waals surface area contributed by atoms with E-state index in [1.54, 1.807) is 0 Å². The number of para-hydroxylation sites is 3. The molecule has 0 atom stereocenters. The van der Waals surface area contributed by atoms with Crippen molar-refractivity contribution in [3.8, 4) is 5.69 Å². The van der Waals surface area contributed by atoms with E-state index in [0.717, 1.165) is 21.9 Å². The van der Waals surface area contributed by atoms with Crippen LogP contribution in [0.25, 0.3) is 16.7 Å². The van der Waals surface area contributed by atoms with Crippen LogP contribution >= 0.6 is 11.8 Å². The van der Waals surface area contributed by atoms with E-state index < -0.39 is 0 Å². The molecule has 0 aliphatic rings. The Morgan fingerprint density at radius 1 is 0.871 bits per heavy atom. The molecule has 0 aliphatic carbocycles. The van der Waals surface area contributed by atoms with Crippen LogP contribution in [0.1, 0.15) is 5.69 Å². The van der Waals surface area contributed by atoms with Crippen LogP contribution in [0.3, 0.4) is 0 Å². The largest absolute Gasteiger partial charge is 0.333 e. The first-order valence-corrected chi connectivity index (χ1v) is 10.7. The second kappa shape index (κ2) is 8.45. The number of aromatic nitrogens is 4. The quantitative estimate of drug-likeness (QED) is 0.267. The summed E-state index contributed by atoms with van der Waals surface area (Å²) in [6.45, 7) is 0. The molecule has 0 saturated carbocycles. The number of benzene rings is 3. The van der Waals surface area contributed by atoms with Crippen molar-refractivity contribution in [3.63, 3.8) is 0 Å². The summed E-state index contributed by atoms with van der Waals surface area (Å²) in [5.74, 6) is 0.484. The van der Waals surface area contributed by atoms with E-state index in [1.165, 1.54) is 16.4 Å². The third-order valence-electron chi connectivity index (χ3n) is 4.70. The lowest BCUT2D eigenvalue weighted by molar-refractivity contribution is 0.832. The minimum absolute atomic E-state index is 0.244. The summed E-state index contributed by atoms with van der Waals surface area (Å²) in [6.07, 6.45) is 0. The normalized spacial score (nSPS) is 11.5. The Morgan fingerprint density at radius 2 is 1.58 bits per heavy atom. The van der Waals surface area contributed by atoms with Gasteiger partial charge in [-0.3, -0.25) is 9.89 Å². The van der Waals surface area contributed by atoms with Gasteiger partial charge >= 0.3 is 0 Å². The van der Waals surface area contributed by atoms with E-state index in [0.29, 0.717) is 17.1 Å². The number of nitrogens with zero attached hydrogens (tertiary/aromatic N) is 4. The lowest BCUT2D eigenvalue weighted by Crippen LogP contribution is -2.13. The number of hydrogen-bond acceptors (Lipinski definition) is 5. The zero-order chi connectivity index (χ0) is 21.0. The van der Waals surface area contributed by atoms with Crippen LogP contribution in [0.4, 0.5) is 11.4 Å². The summed E-state index contributed by atoms with van der Waals surface area (Å²) in [7, 11) is 0. The average Bonchev–Trinajstić information content (AvgIpc) is 3.38. The van der Waals surface area contributed by atoms with Gasteiger partial charge in [0.1, 0.15) is 0 Å². The molecule has 2 heterocycles. The molecule has 7 nitrogen and oxygen atoms in total. The van der Waals surface area contributed by atoms with Crippen molar-refractivity contribution in [2.45, 2.75) is 10.9 Å². The van der Waals surface area contributed by atoms with Gasteiger partial charge in [0.05, 0.1) is 28.1 Å². The molecule has 3 aromatic carbocycles. The Labute approximate surface area is 181 Å². The molecule has 2 N–H and O–H groups in total. The first-order valence-electron chi connectivity index (χ1n) is 9.71. The lowest BCUT2D eigenvalue weighted by Gasteiger charge is -2.00. The van der Waals surface area contributed by atoms with Crippen LogP contribution in [0, 0.1) is 0 Å². The molecule has 2 aromatic heterocycles. The fourth-order valence-corrected chi connectivity index (χ4v) is 4.00. The highest BCUT2D eigenvalue weighted by atomic mass is 32.2. The first-order chi connectivity index (χ1) is 15.3. The number of rotatable bonds is 6. The minimum Gasteiger partial charge on any atom is -0.333 e. The van der Waals surface area contributed by atoms with Crippen LogP contribution in [0.5, 0.6) is 0 Å². The van der Waals surface area contributed by atoms with Crippen LogP contribution in [-0.4, -0.2) is 19.7 Å². The van der Waals surface area contributed by atoms with E-state index in [4.69, 9.17) is 0 Å².